The molecule has 122 valence electrons. The van der Waals surface area contributed by atoms with E-state index in [0.717, 1.165) is 17.8 Å². The van der Waals surface area contributed by atoms with Crippen LogP contribution >= 0.6 is 46.6 Å². The summed E-state index contributed by atoms with van der Waals surface area (Å²) in [6.45, 7) is 1.17. The number of carbonyl (C=O) groups excluding carboxylic acids is 1. The number of rotatable bonds is 6. The van der Waals surface area contributed by atoms with E-state index in [2.05, 4.69) is 5.32 Å². The molecule has 1 amide bonds. The number of carboxylic acids is 1. The lowest BCUT2D eigenvalue weighted by atomic mass is 10.3. The summed E-state index contributed by atoms with van der Waals surface area (Å²) in [7, 11) is 0. The topological polar surface area (TPSA) is 113 Å². The van der Waals surface area contributed by atoms with Crippen LogP contribution in [0.2, 0.25) is 15.1 Å². The van der Waals surface area contributed by atoms with Crippen LogP contribution in [-0.2, 0) is 9.59 Å². The average molecular weight is 389 g/mol. The van der Waals surface area contributed by atoms with Gasteiger partial charge in [0.1, 0.15) is 6.04 Å². The Balaban J connectivity index is 3.08. The van der Waals surface area contributed by atoms with Crippen LogP contribution in [-0.4, -0.2) is 34.0 Å². The van der Waals surface area contributed by atoms with Crippen LogP contribution in [0.15, 0.2) is 11.0 Å². The van der Waals surface area contributed by atoms with E-state index in [9.17, 15) is 14.8 Å². The van der Waals surface area contributed by atoms with Crippen molar-refractivity contribution in [3.63, 3.8) is 0 Å². The molecule has 0 unspecified atom stereocenters. The Hall–Kier alpha value is -0.900. The molecule has 0 spiro atoms. The van der Waals surface area contributed by atoms with Crippen LogP contribution in [0.5, 0.6) is 0 Å². The fourth-order valence-corrected chi connectivity index (χ4v) is 3.32. The summed E-state index contributed by atoms with van der Waals surface area (Å²) in [5, 5.41) is 30.8. The van der Waals surface area contributed by atoms with Crippen molar-refractivity contribution in [2.45, 2.75) is 17.9 Å². The number of anilines is 1. The summed E-state index contributed by atoms with van der Waals surface area (Å²) < 4.78 is 0. The molecule has 0 aliphatic carbocycles. The van der Waals surface area contributed by atoms with E-state index < -0.39 is 23.1 Å². The fraction of sp³-hybridized carbons (Fsp3) is 0.273. The summed E-state index contributed by atoms with van der Waals surface area (Å²) in [5.74, 6) is -1.93. The Morgan fingerprint density at radius 3 is 2.45 bits per heavy atom. The summed E-state index contributed by atoms with van der Waals surface area (Å²) >= 11 is 18.4. The third kappa shape index (κ3) is 4.80. The van der Waals surface area contributed by atoms with Crippen LogP contribution in [0.1, 0.15) is 6.92 Å². The number of hydrogen-bond donors (Lipinski definition) is 3. The Kier molecular flexibility index (Phi) is 7.04. The van der Waals surface area contributed by atoms with Crippen molar-refractivity contribution in [2.75, 3.05) is 11.0 Å². The van der Waals surface area contributed by atoms with Gasteiger partial charge < -0.3 is 20.9 Å². The van der Waals surface area contributed by atoms with E-state index in [1.165, 1.54) is 6.92 Å². The summed E-state index contributed by atoms with van der Waals surface area (Å²) in [6.07, 6.45) is 0. The highest BCUT2D eigenvalue weighted by Gasteiger charge is 2.22. The highest BCUT2D eigenvalue weighted by atomic mass is 35.5. The number of benzene rings is 1. The number of hydrogen-bond acceptors (Lipinski definition) is 6. The molecule has 0 radical (unpaired) electrons. The lowest BCUT2D eigenvalue weighted by Gasteiger charge is -2.26. The molecule has 0 saturated heterocycles. The number of halogens is 3. The van der Waals surface area contributed by atoms with Crippen LogP contribution in [0, 0.1) is 5.21 Å². The number of carboxylic acid groups (broad SMARTS) is 1. The molecule has 0 aliphatic heterocycles. The van der Waals surface area contributed by atoms with Crippen molar-refractivity contribution >= 4 is 64.1 Å². The van der Waals surface area contributed by atoms with Crippen molar-refractivity contribution < 1.29 is 19.9 Å². The number of aliphatic carboxylic acids is 1. The number of nitrogens with one attached hydrogen (secondary N) is 1. The van der Waals surface area contributed by atoms with Crippen molar-refractivity contribution in [1.82, 2.24) is 5.32 Å². The largest absolute Gasteiger partial charge is 0.733 e. The molecule has 7 nitrogen and oxygen atoms in total. The number of amides is 1. The van der Waals surface area contributed by atoms with Gasteiger partial charge in [-0.2, -0.15) is 0 Å². The van der Waals surface area contributed by atoms with E-state index in [4.69, 9.17) is 45.1 Å². The van der Waals surface area contributed by atoms with E-state index in [-0.39, 0.29) is 31.4 Å². The van der Waals surface area contributed by atoms with E-state index >= 15 is 0 Å². The van der Waals surface area contributed by atoms with E-state index in [1.54, 1.807) is 0 Å². The first-order chi connectivity index (χ1) is 10.1. The predicted octanol–water partition coefficient (Wildman–Crippen LogP) is 3.02. The van der Waals surface area contributed by atoms with Gasteiger partial charge in [-0.05, 0) is 6.07 Å². The maximum absolute atomic E-state index is 11.2. The fourth-order valence-electron chi connectivity index (χ4n) is 1.43. The SMILES string of the molecule is CC(=O)N[C@@H](CSc1c(N([O-])O)cc(Cl)c(Cl)c1Cl)C(=O)O. The minimum absolute atomic E-state index is 0.0390. The van der Waals surface area contributed by atoms with Gasteiger partial charge in [-0.3, -0.25) is 10.0 Å². The first kappa shape index (κ1) is 19.1. The zero-order valence-corrected chi connectivity index (χ0v) is 14.1. The van der Waals surface area contributed by atoms with Gasteiger partial charge >= 0.3 is 5.97 Å². The second kappa shape index (κ2) is 8.09. The molecular weight excluding hydrogens is 379 g/mol. The minimum atomic E-state index is -1.26. The van der Waals surface area contributed by atoms with Crippen molar-refractivity contribution in [1.29, 1.82) is 0 Å². The van der Waals surface area contributed by atoms with Gasteiger partial charge in [0.05, 0.1) is 25.7 Å². The van der Waals surface area contributed by atoms with Crippen LogP contribution in [0.25, 0.3) is 0 Å². The molecule has 0 heterocycles. The molecular formula is C11H10Cl3N2O5S-. The molecule has 1 rings (SSSR count). The molecule has 0 fully saturated rings. The average Bonchev–Trinajstić information content (AvgIpc) is 2.41. The van der Waals surface area contributed by atoms with Gasteiger partial charge in [-0.15, -0.1) is 11.8 Å². The third-order valence-corrected chi connectivity index (χ3v) is 4.95. The second-order valence-corrected chi connectivity index (χ2v) is 6.20. The van der Waals surface area contributed by atoms with Crippen molar-refractivity contribution in [3.8, 4) is 0 Å². The van der Waals surface area contributed by atoms with Gasteiger partial charge in [-0.1, -0.05) is 34.8 Å². The number of nitrogens with zero attached hydrogens (tertiary/aromatic N) is 1. The molecule has 3 N–H and O–H groups in total. The maximum Gasteiger partial charge on any atom is 0.327 e. The molecule has 0 saturated carbocycles. The Labute approximate surface area is 144 Å². The molecule has 1 atom stereocenters. The monoisotopic (exact) mass is 387 g/mol. The molecule has 1 aromatic carbocycles. The Morgan fingerprint density at radius 1 is 1.41 bits per heavy atom. The lowest BCUT2D eigenvalue weighted by Crippen LogP contribution is -2.41. The first-order valence-corrected chi connectivity index (χ1v) is 7.73. The standard InChI is InChI=1S/C11H10Cl3N2O5S/c1-4(17)15-6(11(18)19)3-22-10-7(16(20)21)2-5(12)8(13)9(10)14/h2,6,20H,3H2,1H3,(H,15,17)(H,18,19)/q-1/t6-/m0/s1. The molecule has 0 bridgehead atoms. The van der Waals surface area contributed by atoms with Gasteiger partial charge in [0.2, 0.25) is 5.91 Å². The molecule has 0 aliphatic rings. The zero-order valence-electron chi connectivity index (χ0n) is 11.0. The molecule has 22 heavy (non-hydrogen) atoms. The number of thioether (sulfide) groups is 1. The lowest BCUT2D eigenvalue weighted by molar-refractivity contribution is -0.140. The van der Waals surface area contributed by atoms with Gasteiger partial charge in [0.25, 0.3) is 0 Å². The quantitative estimate of drug-likeness (QED) is 0.390. The van der Waals surface area contributed by atoms with Gasteiger partial charge in [0.15, 0.2) is 0 Å². The van der Waals surface area contributed by atoms with Gasteiger partial charge in [0, 0.05) is 12.7 Å². The van der Waals surface area contributed by atoms with E-state index in [0.29, 0.717) is 0 Å². The molecule has 1 aromatic rings. The smallest absolute Gasteiger partial charge is 0.327 e. The highest BCUT2D eigenvalue weighted by molar-refractivity contribution is 7.99. The summed E-state index contributed by atoms with van der Waals surface area (Å²) in [5.41, 5.74) is -0.281. The molecule has 11 heteroatoms. The van der Waals surface area contributed by atoms with E-state index in [1.807, 2.05) is 0 Å². The van der Waals surface area contributed by atoms with Crippen molar-refractivity contribution in [2.24, 2.45) is 0 Å². The highest BCUT2D eigenvalue weighted by Crippen LogP contribution is 2.44. The molecule has 0 aromatic heterocycles. The Morgan fingerprint density at radius 2 is 2.00 bits per heavy atom. The van der Waals surface area contributed by atoms with Crippen molar-refractivity contribution in [3.05, 3.63) is 26.3 Å². The van der Waals surface area contributed by atoms with Gasteiger partial charge in [-0.25, -0.2) is 4.79 Å². The van der Waals surface area contributed by atoms with Crippen LogP contribution < -0.4 is 10.5 Å². The minimum Gasteiger partial charge on any atom is -0.733 e. The second-order valence-electron chi connectivity index (χ2n) is 4.01. The first-order valence-electron chi connectivity index (χ1n) is 5.61. The Bertz CT molecular complexity index is 600. The maximum atomic E-state index is 11.2. The third-order valence-electron chi connectivity index (χ3n) is 2.37. The predicted molar refractivity (Wildman–Crippen MR) is 85.1 cm³/mol. The normalized spacial score (nSPS) is 11.9. The number of carbonyl (C=O) groups is 2. The summed E-state index contributed by atoms with van der Waals surface area (Å²) in [6, 6.07) is -0.112. The summed E-state index contributed by atoms with van der Waals surface area (Å²) in [4.78, 5) is 22.1. The van der Waals surface area contributed by atoms with Crippen LogP contribution in [0.3, 0.4) is 0 Å². The van der Waals surface area contributed by atoms with Crippen LogP contribution in [0.4, 0.5) is 5.69 Å². The zero-order chi connectivity index (χ0) is 17.0.